The molecule has 0 heterocycles. The number of ether oxygens (including phenoxy) is 5. The molecule has 0 saturated carbocycles. The van der Waals surface area contributed by atoms with Gasteiger partial charge in [0.15, 0.2) is 6.29 Å². The van der Waals surface area contributed by atoms with Crippen molar-refractivity contribution in [2.45, 2.75) is 195 Å². The van der Waals surface area contributed by atoms with Gasteiger partial charge in [-0.15, -0.1) is 0 Å². The fraction of sp³-hybridized carbons (Fsp3) is 0.951. The van der Waals surface area contributed by atoms with Crippen LogP contribution in [0.5, 0.6) is 0 Å². The molecular formula is C41H81NO7. The van der Waals surface area contributed by atoms with Crippen LogP contribution in [0.15, 0.2) is 0 Å². The van der Waals surface area contributed by atoms with Crippen molar-refractivity contribution in [3.8, 4) is 0 Å². The van der Waals surface area contributed by atoms with E-state index in [2.05, 4.69) is 39.5 Å². The maximum Gasteiger partial charge on any atom is 0.508 e. The van der Waals surface area contributed by atoms with Crippen LogP contribution in [0, 0.1) is 11.8 Å². The summed E-state index contributed by atoms with van der Waals surface area (Å²) in [5.41, 5.74) is 0. The van der Waals surface area contributed by atoms with E-state index in [1.54, 1.807) is 0 Å². The second-order valence-corrected chi connectivity index (χ2v) is 14.5. The van der Waals surface area contributed by atoms with Gasteiger partial charge in [0.05, 0.1) is 32.8 Å². The molecule has 0 aromatic heterocycles. The van der Waals surface area contributed by atoms with Crippen molar-refractivity contribution in [2.75, 3.05) is 47.1 Å². The topological polar surface area (TPSA) is 83.5 Å². The van der Waals surface area contributed by atoms with Crippen LogP contribution in [0.25, 0.3) is 0 Å². The van der Waals surface area contributed by atoms with Crippen LogP contribution in [0.4, 0.5) is 4.79 Å². The Kier molecular flexibility index (Phi) is 34.1. The summed E-state index contributed by atoms with van der Waals surface area (Å²) >= 11 is 0. The first-order valence-electron chi connectivity index (χ1n) is 20.7. The molecule has 8 heteroatoms. The predicted molar refractivity (Wildman–Crippen MR) is 203 cm³/mol. The average Bonchev–Trinajstić information content (AvgIpc) is 3.07. The summed E-state index contributed by atoms with van der Waals surface area (Å²) < 4.78 is 29.3. The average molecular weight is 700 g/mol. The van der Waals surface area contributed by atoms with Gasteiger partial charge < -0.3 is 28.6 Å². The summed E-state index contributed by atoms with van der Waals surface area (Å²) in [5.74, 6) is 0.767. The Balaban J connectivity index is 4.90. The van der Waals surface area contributed by atoms with Crippen molar-refractivity contribution < 1.29 is 33.3 Å². The molecule has 0 spiro atoms. The molecule has 292 valence electrons. The second-order valence-electron chi connectivity index (χ2n) is 14.5. The number of esters is 1. The van der Waals surface area contributed by atoms with Crippen molar-refractivity contribution in [3.63, 3.8) is 0 Å². The van der Waals surface area contributed by atoms with Crippen molar-refractivity contribution in [2.24, 2.45) is 11.8 Å². The zero-order valence-electron chi connectivity index (χ0n) is 33.4. The molecule has 0 aromatic carbocycles. The van der Waals surface area contributed by atoms with Crippen LogP contribution in [0.1, 0.15) is 182 Å². The lowest BCUT2D eigenvalue weighted by Gasteiger charge is -2.24. The molecule has 0 aromatic rings. The standard InChI is InChI=1S/C41H81NO7/c1-8-13-14-15-16-17-18-19-20-21-27-38(49-41(44)46-32-22-31-42(6)7)30-33-45-39(43)28-29-40(47-34-36(23-9-2)24-10-3)48-35-37(25-11-4)26-12-5/h36-38,40H,8-35H2,1-7H3/t38-/m0/s1. The number of carbonyl (C=O) groups excluding carboxylic acids is 2. The normalized spacial score (nSPS) is 12.4. The van der Waals surface area contributed by atoms with E-state index in [1.807, 2.05) is 14.1 Å². The Morgan fingerprint density at radius 2 is 1.04 bits per heavy atom. The first-order chi connectivity index (χ1) is 23.8. The quantitative estimate of drug-likeness (QED) is 0.0363. The molecule has 49 heavy (non-hydrogen) atoms. The van der Waals surface area contributed by atoms with E-state index in [1.165, 1.54) is 51.4 Å². The molecule has 0 amide bonds. The van der Waals surface area contributed by atoms with E-state index in [-0.39, 0.29) is 25.1 Å². The molecule has 0 unspecified atom stereocenters. The number of carbonyl (C=O) groups is 2. The molecule has 0 bridgehead atoms. The van der Waals surface area contributed by atoms with E-state index in [9.17, 15) is 9.59 Å². The lowest BCUT2D eigenvalue weighted by Crippen LogP contribution is -2.26. The van der Waals surface area contributed by atoms with Gasteiger partial charge in [-0.05, 0) is 70.9 Å². The van der Waals surface area contributed by atoms with Crippen molar-refractivity contribution in [3.05, 3.63) is 0 Å². The summed E-state index contributed by atoms with van der Waals surface area (Å²) in [6, 6.07) is 0. The van der Waals surface area contributed by atoms with Gasteiger partial charge >= 0.3 is 12.1 Å². The molecular weight excluding hydrogens is 618 g/mol. The van der Waals surface area contributed by atoms with Gasteiger partial charge in [-0.25, -0.2) is 4.79 Å². The third kappa shape index (κ3) is 31.1. The molecule has 0 aliphatic heterocycles. The molecule has 0 rings (SSSR count). The van der Waals surface area contributed by atoms with Crippen LogP contribution >= 0.6 is 0 Å². The fourth-order valence-electron chi connectivity index (χ4n) is 6.40. The zero-order valence-corrected chi connectivity index (χ0v) is 33.4. The monoisotopic (exact) mass is 700 g/mol. The highest BCUT2D eigenvalue weighted by atomic mass is 16.7. The molecule has 0 fully saturated rings. The highest BCUT2D eigenvalue weighted by molar-refractivity contribution is 5.69. The van der Waals surface area contributed by atoms with E-state index in [0.717, 1.165) is 83.6 Å². The summed E-state index contributed by atoms with van der Waals surface area (Å²) in [7, 11) is 3.99. The SMILES string of the molecule is CCCCCCCCCCCC[C@@H](CCOC(=O)CCC(OCC(CCC)CCC)OCC(CCC)CCC)OC(=O)OCCCN(C)C. The van der Waals surface area contributed by atoms with E-state index in [0.29, 0.717) is 44.5 Å². The lowest BCUT2D eigenvalue weighted by molar-refractivity contribution is -0.169. The van der Waals surface area contributed by atoms with Crippen LogP contribution in [-0.4, -0.2) is 76.5 Å². The van der Waals surface area contributed by atoms with Gasteiger partial charge in [-0.2, -0.15) is 0 Å². The van der Waals surface area contributed by atoms with Crippen molar-refractivity contribution >= 4 is 12.1 Å². The largest absolute Gasteiger partial charge is 0.508 e. The third-order valence-corrected chi connectivity index (χ3v) is 9.22. The summed E-state index contributed by atoms with van der Waals surface area (Å²) in [4.78, 5) is 27.3. The minimum atomic E-state index is -0.631. The van der Waals surface area contributed by atoms with Crippen LogP contribution in [0.3, 0.4) is 0 Å². The Bertz CT molecular complexity index is 703. The molecule has 0 N–H and O–H groups in total. The maximum atomic E-state index is 12.8. The highest BCUT2D eigenvalue weighted by Crippen LogP contribution is 2.20. The zero-order chi connectivity index (χ0) is 36.4. The van der Waals surface area contributed by atoms with Crippen molar-refractivity contribution in [1.29, 1.82) is 0 Å². The van der Waals surface area contributed by atoms with Crippen LogP contribution < -0.4 is 0 Å². The highest BCUT2D eigenvalue weighted by Gasteiger charge is 2.20. The predicted octanol–water partition coefficient (Wildman–Crippen LogP) is 11.3. The van der Waals surface area contributed by atoms with Gasteiger partial charge in [-0.3, -0.25) is 4.79 Å². The number of hydrogen-bond acceptors (Lipinski definition) is 8. The van der Waals surface area contributed by atoms with Gasteiger partial charge in [0, 0.05) is 19.4 Å². The third-order valence-electron chi connectivity index (χ3n) is 9.22. The van der Waals surface area contributed by atoms with Crippen LogP contribution in [-0.2, 0) is 28.5 Å². The van der Waals surface area contributed by atoms with E-state index >= 15 is 0 Å². The summed E-state index contributed by atoms with van der Waals surface area (Å²) in [6.45, 7) is 13.8. The van der Waals surface area contributed by atoms with Gasteiger partial charge in [0.25, 0.3) is 0 Å². The van der Waals surface area contributed by atoms with Gasteiger partial charge in [0.1, 0.15) is 6.10 Å². The minimum absolute atomic E-state index is 0.214. The lowest BCUT2D eigenvalue weighted by atomic mass is 9.99. The molecule has 1 atom stereocenters. The van der Waals surface area contributed by atoms with Crippen molar-refractivity contribution in [1.82, 2.24) is 4.90 Å². The number of hydrogen-bond donors (Lipinski definition) is 0. The number of rotatable bonds is 36. The summed E-state index contributed by atoms with van der Waals surface area (Å²) in [5, 5.41) is 0. The van der Waals surface area contributed by atoms with Gasteiger partial charge in [0.2, 0.25) is 0 Å². The Hall–Kier alpha value is -1.38. The van der Waals surface area contributed by atoms with E-state index in [4.69, 9.17) is 23.7 Å². The Morgan fingerprint density at radius 1 is 0.531 bits per heavy atom. The number of unbranched alkanes of at least 4 members (excludes halogenated alkanes) is 9. The van der Waals surface area contributed by atoms with Crippen LogP contribution in [0.2, 0.25) is 0 Å². The fourth-order valence-corrected chi connectivity index (χ4v) is 6.40. The Labute approximate surface area is 303 Å². The first kappa shape index (κ1) is 47.6. The molecule has 8 nitrogen and oxygen atoms in total. The minimum Gasteiger partial charge on any atom is -0.466 e. The maximum absolute atomic E-state index is 12.8. The first-order valence-corrected chi connectivity index (χ1v) is 20.7. The van der Waals surface area contributed by atoms with E-state index < -0.39 is 12.4 Å². The number of nitrogens with zero attached hydrogens (tertiary/aromatic N) is 1. The molecule has 0 aliphatic carbocycles. The molecule has 0 saturated heterocycles. The smallest absolute Gasteiger partial charge is 0.466 e. The molecule has 0 radical (unpaired) electrons. The Morgan fingerprint density at radius 3 is 1.53 bits per heavy atom. The summed E-state index contributed by atoms with van der Waals surface area (Å²) in [6.07, 6.45) is 22.9. The second kappa shape index (κ2) is 35.0. The van der Waals surface area contributed by atoms with Gasteiger partial charge in [-0.1, -0.05) is 118 Å². The molecule has 0 aliphatic rings.